The van der Waals surface area contributed by atoms with Gasteiger partial charge >= 0.3 is 5.69 Å². The van der Waals surface area contributed by atoms with Gasteiger partial charge in [-0.1, -0.05) is 6.07 Å². The van der Waals surface area contributed by atoms with Crippen molar-refractivity contribution in [1.82, 2.24) is 14.8 Å². The Labute approximate surface area is 128 Å². The molecular formula is C12H14BrN5OS. The summed E-state index contributed by atoms with van der Waals surface area (Å²) in [5.41, 5.74) is 5.97. The van der Waals surface area contributed by atoms with Gasteiger partial charge < -0.3 is 5.73 Å². The molecule has 20 heavy (non-hydrogen) atoms. The number of aromatic nitrogens is 3. The summed E-state index contributed by atoms with van der Waals surface area (Å²) in [5.74, 6) is -0.0334. The minimum atomic E-state index is -0.248. The fraction of sp³-hybridized carbons (Fsp3) is 0.250. The molecule has 0 aliphatic carbocycles. The van der Waals surface area contributed by atoms with E-state index in [1.54, 1.807) is 4.57 Å². The molecule has 1 aromatic heterocycles. The molecule has 0 unspecified atom stereocenters. The second kappa shape index (κ2) is 5.84. The first kappa shape index (κ1) is 14.9. The molecule has 0 bridgehead atoms. The van der Waals surface area contributed by atoms with Crippen LogP contribution in [0.3, 0.4) is 0 Å². The number of rotatable bonds is 4. The number of nitrogens with zero attached hydrogens (tertiary/aromatic N) is 2. The molecule has 0 saturated heterocycles. The molecule has 106 valence electrons. The van der Waals surface area contributed by atoms with Crippen LogP contribution in [0.1, 0.15) is 25.5 Å². The first-order valence-corrected chi connectivity index (χ1v) is 7.50. The van der Waals surface area contributed by atoms with E-state index >= 15 is 0 Å². The topological polar surface area (TPSA) is 101 Å². The maximum absolute atomic E-state index is 11.7. The lowest BCUT2D eigenvalue weighted by Gasteiger charge is -2.11. The predicted molar refractivity (Wildman–Crippen MR) is 82.5 cm³/mol. The van der Waals surface area contributed by atoms with Crippen LogP contribution in [-0.2, 0) is 0 Å². The minimum absolute atomic E-state index is 0.00307. The van der Waals surface area contributed by atoms with Gasteiger partial charge in [0.25, 0.3) is 0 Å². The van der Waals surface area contributed by atoms with Crippen LogP contribution in [0.4, 0.5) is 0 Å². The van der Waals surface area contributed by atoms with E-state index in [1.165, 1.54) is 11.8 Å². The first-order valence-electron chi connectivity index (χ1n) is 5.89. The van der Waals surface area contributed by atoms with Crippen LogP contribution in [0.15, 0.2) is 37.5 Å². The van der Waals surface area contributed by atoms with Gasteiger partial charge in [0.1, 0.15) is 5.84 Å². The van der Waals surface area contributed by atoms with Gasteiger partial charge in [-0.2, -0.15) is 0 Å². The standard InChI is InChI=1S/C12H14BrN5OS/c1-6(2)18-11(19)16-17-12(18)20-8-5-3-4-7(13)9(8)10(14)15/h3-6H,1-2H3,(H3,14,15)(H,16,19). The molecule has 0 spiro atoms. The van der Waals surface area contributed by atoms with Gasteiger partial charge in [-0.05, 0) is 53.7 Å². The van der Waals surface area contributed by atoms with Crippen LogP contribution in [0.25, 0.3) is 0 Å². The van der Waals surface area contributed by atoms with Crippen molar-refractivity contribution in [2.75, 3.05) is 0 Å². The molecule has 8 heteroatoms. The molecule has 0 atom stereocenters. The maximum atomic E-state index is 11.7. The molecule has 0 saturated carbocycles. The quantitative estimate of drug-likeness (QED) is 0.578. The zero-order valence-corrected chi connectivity index (χ0v) is 13.4. The number of nitrogen functional groups attached to an aromatic ring is 1. The second-order valence-electron chi connectivity index (χ2n) is 4.40. The third-order valence-corrected chi connectivity index (χ3v) is 4.33. The summed E-state index contributed by atoms with van der Waals surface area (Å²) in [6.07, 6.45) is 0. The number of aromatic amines is 1. The molecule has 0 fully saturated rings. The molecule has 2 aromatic rings. The Balaban J connectivity index is 2.49. The average molecular weight is 356 g/mol. The third-order valence-electron chi connectivity index (χ3n) is 2.63. The normalized spacial score (nSPS) is 11.0. The molecule has 6 nitrogen and oxygen atoms in total. The van der Waals surface area contributed by atoms with Crippen molar-refractivity contribution >= 4 is 33.5 Å². The Morgan fingerprint density at radius 1 is 1.55 bits per heavy atom. The number of benzene rings is 1. The summed E-state index contributed by atoms with van der Waals surface area (Å²) in [5, 5.41) is 14.7. The van der Waals surface area contributed by atoms with Gasteiger partial charge in [-0.15, -0.1) is 5.10 Å². The van der Waals surface area contributed by atoms with Gasteiger partial charge in [-0.3, -0.25) is 9.98 Å². The highest BCUT2D eigenvalue weighted by molar-refractivity contribution is 9.10. The molecule has 0 radical (unpaired) electrons. The predicted octanol–water partition coefficient (Wildman–Crippen LogP) is 2.35. The van der Waals surface area contributed by atoms with E-state index < -0.39 is 0 Å². The minimum Gasteiger partial charge on any atom is -0.384 e. The van der Waals surface area contributed by atoms with E-state index in [-0.39, 0.29) is 17.6 Å². The highest BCUT2D eigenvalue weighted by Gasteiger charge is 2.16. The Kier molecular flexibility index (Phi) is 4.34. The fourth-order valence-corrected chi connectivity index (χ4v) is 3.63. The largest absolute Gasteiger partial charge is 0.384 e. The first-order chi connectivity index (χ1) is 9.41. The van der Waals surface area contributed by atoms with Crippen LogP contribution < -0.4 is 11.4 Å². The average Bonchev–Trinajstić information content (AvgIpc) is 2.70. The maximum Gasteiger partial charge on any atom is 0.344 e. The van der Waals surface area contributed by atoms with Crippen molar-refractivity contribution in [3.63, 3.8) is 0 Å². The number of hydrogen-bond donors (Lipinski definition) is 3. The Hall–Kier alpha value is -1.54. The Bertz CT molecular complexity index is 706. The lowest BCUT2D eigenvalue weighted by molar-refractivity contribution is 0.534. The van der Waals surface area contributed by atoms with E-state index in [0.29, 0.717) is 10.7 Å². The van der Waals surface area contributed by atoms with Gasteiger partial charge in [-0.25, -0.2) is 9.89 Å². The molecule has 1 heterocycles. The zero-order chi connectivity index (χ0) is 14.9. The van der Waals surface area contributed by atoms with Crippen LogP contribution in [0.2, 0.25) is 0 Å². The summed E-state index contributed by atoms with van der Waals surface area (Å²) >= 11 is 4.69. The SMILES string of the molecule is CC(C)n1c(Sc2cccc(Br)c2C(=N)N)n[nH]c1=O. The molecule has 2 rings (SSSR count). The fourth-order valence-electron chi connectivity index (χ4n) is 1.77. The summed E-state index contributed by atoms with van der Waals surface area (Å²) in [6, 6.07) is 5.51. The monoisotopic (exact) mass is 355 g/mol. The molecule has 0 aliphatic heterocycles. The van der Waals surface area contributed by atoms with Gasteiger partial charge in [0.05, 0.1) is 0 Å². The summed E-state index contributed by atoms with van der Waals surface area (Å²) in [4.78, 5) is 12.5. The Morgan fingerprint density at radius 3 is 2.85 bits per heavy atom. The molecular weight excluding hydrogens is 342 g/mol. The number of amidine groups is 1. The molecule has 0 amide bonds. The number of hydrogen-bond acceptors (Lipinski definition) is 4. The smallest absolute Gasteiger partial charge is 0.344 e. The number of nitrogens with two attached hydrogens (primary N) is 1. The van der Waals surface area contributed by atoms with E-state index in [4.69, 9.17) is 11.1 Å². The third kappa shape index (κ3) is 2.80. The number of nitrogens with one attached hydrogen (secondary N) is 2. The van der Waals surface area contributed by atoms with E-state index in [9.17, 15) is 4.79 Å². The van der Waals surface area contributed by atoms with E-state index in [0.717, 1.165) is 9.37 Å². The van der Waals surface area contributed by atoms with Crippen molar-refractivity contribution in [1.29, 1.82) is 5.41 Å². The van der Waals surface area contributed by atoms with Gasteiger partial charge in [0.15, 0.2) is 5.16 Å². The summed E-state index contributed by atoms with van der Waals surface area (Å²) in [7, 11) is 0. The van der Waals surface area contributed by atoms with Crippen molar-refractivity contribution in [2.24, 2.45) is 5.73 Å². The zero-order valence-electron chi connectivity index (χ0n) is 11.0. The van der Waals surface area contributed by atoms with Gasteiger partial charge in [0, 0.05) is 21.0 Å². The summed E-state index contributed by atoms with van der Waals surface area (Å²) in [6.45, 7) is 3.82. The van der Waals surface area contributed by atoms with Crippen LogP contribution in [0.5, 0.6) is 0 Å². The lowest BCUT2D eigenvalue weighted by atomic mass is 10.2. The molecule has 4 N–H and O–H groups in total. The Morgan fingerprint density at radius 2 is 2.25 bits per heavy atom. The van der Waals surface area contributed by atoms with Crippen molar-refractivity contribution in [3.05, 3.63) is 38.7 Å². The van der Waals surface area contributed by atoms with Crippen LogP contribution >= 0.6 is 27.7 Å². The molecule has 1 aromatic carbocycles. The highest BCUT2D eigenvalue weighted by atomic mass is 79.9. The lowest BCUT2D eigenvalue weighted by Crippen LogP contribution is -2.19. The van der Waals surface area contributed by atoms with Crippen molar-refractivity contribution in [2.45, 2.75) is 29.9 Å². The summed E-state index contributed by atoms with van der Waals surface area (Å²) < 4.78 is 2.30. The number of halogens is 1. The number of H-pyrrole nitrogens is 1. The van der Waals surface area contributed by atoms with Gasteiger partial charge in [0.2, 0.25) is 0 Å². The van der Waals surface area contributed by atoms with Crippen molar-refractivity contribution in [3.8, 4) is 0 Å². The molecule has 0 aliphatic rings. The van der Waals surface area contributed by atoms with Crippen molar-refractivity contribution < 1.29 is 0 Å². The van der Waals surface area contributed by atoms with Crippen LogP contribution in [0, 0.1) is 5.41 Å². The highest BCUT2D eigenvalue weighted by Crippen LogP contribution is 2.32. The van der Waals surface area contributed by atoms with E-state index in [1.807, 2.05) is 32.0 Å². The van der Waals surface area contributed by atoms with Crippen LogP contribution in [-0.4, -0.2) is 20.6 Å². The van der Waals surface area contributed by atoms with E-state index in [2.05, 4.69) is 26.1 Å². The second-order valence-corrected chi connectivity index (χ2v) is 6.27.